The number of hydrogen-bond donors (Lipinski definition) is 0. The molecule has 0 heterocycles. The fraction of sp³-hybridized carbons (Fsp3) is 0.273. The lowest BCUT2D eigenvalue weighted by atomic mass is 10.2. The van der Waals surface area contributed by atoms with Crippen LogP contribution in [0.1, 0.15) is 12.5 Å². The third kappa shape index (κ3) is 3.46. The minimum absolute atomic E-state index is 0.778. The highest BCUT2D eigenvalue weighted by atomic mass is 79.9. The molecule has 0 saturated heterocycles. The Morgan fingerprint density at radius 1 is 1.43 bits per heavy atom. The molecule has 1 aromatic carbocycles. The van der Waals surface area contributed by atoms with E-state index in [-0.39, 0.29) is 0 Å². The second-order valence-electron chi connectivity index (χ2n) is 3.11. The first-order chi connectivity index (χ1) is 6.63. The SMILES string of the molecule is C/C(CBr)=C(/Br)Oc1cccc(C)c1. The molecular formula is C11H12Br2O. The van der Waals surface area contributed by atoms with Gasteiger partial charge < -0.3 is 4.74 Å². The zero-order valence-corrected chi connectivity index (χ0v) is 11.4. The molecule has 1 aromatic rings. The van der Waals surface area contributed by atoms with Crippen LogP contribution in [0.4, 0.5) is 0 Å². The second kappa shape index (κ2) is 5.56. The molecule has 0 aliphatic rings. The first kappa shape index (κ1) is 11.8. The van der Waals surface area contributed by atoms with Gasteiger partial charge in [0.1, 0.15) is 5.75 Å². The summed E-state index contributed by atoms with van der Waals surface area (Å²) in [4.78, 5) is 0. The van der Waals surface area contributed by atoms with Crippen molar-refractivity contribution in [3.05, 3.63) is 40.1 Å². The molecule has 0 unspecified atom stereocenters. The van der Waals surface area contributed by atoms with Gasteiger partial charge in [-0.1, -0.05) is 28.1 Å². The number of ether oxygens (including phenoxy) is 1. The predicted octanol–water partition coefficient (Wildman–Crippen LogP) is 4.40. The van der Waals surface area contributed by atoms with Gasteiger partial charge >= 0.3 is 0 Å². The van der Waals surface area contributed by atoms with Gasteiger partial charge in [0.05, 0.1) is 0 Å². The van der Waals surface area contributed by atoms with E-state index in [1.165, 1.54) is 5.56 Å². The molecule has 0 atom stereocenters. The molecule has 0 aliphatic carbocycles. The Balaban J connectivity index is 2.79. The van der Waals surface area contributed by atoms with E-state index in [1.807, 2.05) is 38.1 Å². The van der Waals surface area contributed by atoms with Gasteiger partial charge in [-0.15, -0.1) is 0 Å². The van der Waals surface area contributed by atoms with Crippen molar-refractivity contribution >= 4 is 31.9 Å². The third-order valence-corrected chi connectivity index (χ3v) is 3.41. The highest BCUT2D eigenvalue weighted by molar-refractivity contribution is 9.11. The van der Waals surface area contributed by atoms with E-state index in [4.69, 9.17) is 4.74 Å². The standard InChI is InChI=1S/C11H12Br2O/c1-8-4-3-5-10(6-8)14-11(13)9(2)7-12/h3-6H,7H2,1-2H3/b11-9+. The van der Waals surface area contributed by atoms with E-state index in [1.54, 1.807) is 0 Å². The average Bonchev–Trinajstić information content (AvgIpc) is 2.16. The Morgan fingerprint density at radius 2 is 2.14 bits per heavy atom. The fourth-order valence-electron chi connectivity index (χ4n) is 0.922. The molecule has 1 nitrogen and oxygen atoms in total. The lowest BCUT2D eigenvalue weighted by Gasteiger charge is -2.07. The maximum atomic E-state index is 5.61. The normalized spacial score (nSPS) is 12.3. The van der Waals surface area contributed by atoms with E-state index in [2.05, 4.69) is 31.9 Å². The molecule has 0 saturated carbocycles. The number of halogens is 2. The van der Waals surface area contributed by atoms with Gasteiger partial charge in [0, 0.05) is 5.33 Å². The van der Waals surface area contributed by atoms with Gasteiger partial charge in [-0.3, -0.25) is 0 Å². The van der Waals surface area contributed by atoms with Crippen LogP contribution in [0.3, 0.4) is 0 Å². The van der Waals surface area contributed by atoms with Crippen LogP contribution in [0.15, 0.2) is 34.5 Å². The van der Waals surface area contributed by atoms with Gasteiger partial charge in [0.15, 0.2) is 4.67 Å². The monoisotopic (exact) mass is 318 g/mol. The predicted molar refractivity (Wildman–Crippen MR) is 67.2 cm³/mol. The fourth-order valence-corrected chi connectivity index (χ4v) is 1.88. The van der Waals surface area contributed by atoms with Crippen LogP contribution in [0.25, 0.3) is 0 Å². The largest absolute Gasteiger partial charge is 0.450 e. The van der Waals surface area contributed by atoms with Crippen molar-refractivity contribution in [1.82, 2.24) is 0 Å². The molecule has 3 heteroatoms. The molecule has 0 fully saturated rings. The number of aryl methyl sites for hydroxylation is 1. The topological polar surface area (TPSA) is 9.23 Å². The molecule has 14 heavy (non-hydrogen) atoms. The van der Waals surface area contributed by atoms with Crippen molar-refractivity contribution in [2.24, 2.45) is 0 Å². The summed E-state index contributed by atoms with van der Waals surface area (Å²) in [5, 5.41) is 0.805. The van der Waals surface area contributed by atoms with E-state index in [0.29, 0.717) is 0 Å². The van der Waals surface area contributed by atoms with Gasteiger partial charge in [-0.25, -0.2) is 0 Å². The zero-order valence-electron chi connectivity index (χ0n) is 8.18. The van der Waals surface area contributed by atoms with E-state index in [9.17, 15) is 0 Å². The number of benzene rings is 1. The molecule has 1 rings (SSSR count). The molecule has 0 spiro atoms. The molecule has 76 valence electrons. The summed E-state index contributed by atoms with van der Waals surface area (Å²) in [6, 6.07) is 7.97. The summed E-state index contributed by atoms with van der Waals surface area (Å²) < 4.78 is 6.39. The smallest absolute Gasteiger partial charge is 0.169 e. The Labute approximate surface area is 101 Å². The summed E-state index contributed by atoms with van der Waals surface area (Å²) in [5.74, 6) is 0.858. The summed E-state index contributed by atoms with van der Waals surface area (Å²) in [5.41, 5.74) is 2.32. The third-order valence-electron chi connectivity index (χ3n) is 1.73. The minimum Gasteiger partial charge on any atom is -0.450 e. The molecule has 0 N–H and O–H groups in total. The first-order valence-electron chi connectivity index (χ1n) is 4.29. The van der Waals surface area contributed by atoms with Crippen molar-refractivity contribution in [1.29, 1.82) is 0 Å². The van der Waals surface area contributed by atoms with Crippen LogP contribution >= 0.6 is 31.9 Å². The highest BCUT2D eigenvalue weighted by Crippen LogP contribution is 2.21. The van der Waals surface area contributed by atoms with Gasteiger partial charge in [0.2, 0.25) is 0 Å². The van der Waals surface area contributed by atoms with Crippen molar-refractivity contribution in [2.45, 2.75) is 13.8 Å². The van der Waals surface area contributed by atoms with Crippen molar-refractivity contribution in [2.75, 3.05) is 5.33 Å². The quantitative estimate of drug-likeness (QED) is 0.593. The lowest BCUT2D eigenvalue weighted by Crippen LogP contribution is -1.93. The number of alkyl halides is 1. The maximum Gasteiger partial charge on any atom is 0.169 e. The highest BCUT2D eigenvalue weighted by Gasteiger charge is 2.00. The molecule has 0 bridgehead atoms. The molecular weight excluding hydrogens is 308 g/mol. The summed E-state index contributed by atoms with van der Waals surface area (Å²) in [6.45, 7) is 4.05. The Kier molecular flexibility index (Phi) is 4.69. The van der Waals surface area contributed by atoms with Gasteiger partial charge in [0.25, 0.3) is 0 Å². The van der Waals surface area contributed by atoms with E-state index < -0.39 is 0 Å². The van der Waals surface area contributed by atoms with Crippen molar-refractivity contribution < 1.29 is 4.74 Å². The van der Waals surface area contributed by atoms with Crippen LogP contribution in [-0.2, 0) is 0 Å². The molecule has 0 aliphatic heterocycles. The average molecular weight is 320 g/mol. The van der Waals surface area contributed by atoms with Crippen molar-refractivity contribution in [3.8, 4) is 5.75 Å². The van der Waals surface area contributed by atoms with Gasteiger partial charge in [-0.05, 0) is 53.0 Å². The Hall–Kier alpha value is -0.280. The Bertz CT molecular complexity index is 345. The summed E-state index contributed by atoms with van der Waals surface area (Å²) >= 11 is 6.77. The number of rotatable bonds is 3. The van der Waals surface area contributed by atoms with Crippen LogP contribution in [0.2, 0.25) is 0 Å². The number of allylic oxidation sites excluding steroid dienone is 1. The second-order valence-corrected chi connectivity index (χ2v) is 4.39. The van der Waals surface area contributed by atoms with Crippen LogP contribution in [0, 0.1) is 6.92 Å². The van der Waals surface area contributed by atoms with E-state index in [0.717, 1.165) is 21.3 Å². The maximum absolute atomic E-state index is 5.61. The number of hydrogen-bond acceptors (Lipinski definition) is 1. The summed E-state index contributed by atoms with van der Waals surface area (Å²) in [6.07, 6.45) is 0. The molecule has 0 radical (unpaired) electrons. The molecule has 0 aromatic heterocycles. The Morgan fingerprint density at radius 3 is 2.71 bits per heavy atom. The first-order valence-corrected chi connectivity index (χ1v) is 6.20. The van der Waals surface area contributed by atoms with Crippen LogP contribution in [0.5, 0.6) is 5.75 Å². The van der Waals surface area contributed by atoms with Crippen LogP contribution in [-0.4, -0.2) is 5.33 Å². The lowest BCUT2D eigenvalue weighted by molar-refractivity contribution is 0.464. The summed E-state index contributed by atoms with van der Waals surface area (Å²) in [7, 11) is 0. The van der Waals surface area contributed by atoms with Crippen molar-refractivity contribution in [3.63, 3.8) is 0 Å². The van der Waals surface area contributed by atoms with E-state index >= 15 is 0 Å². The zero-order chi connectivity index (χ0) is 10.6. The molecule has 0 amide bonds. The van der Waals surface area contributed by atoms with Gasteiger partial charge in [-0.2, -0.15) is 0 Å². The van der Waals surface area contributed by atoms with Crippen LogP contribution < -0.4 is 4.74 Å². The minimum atomic E-state index is 0.778.